The molecule has 0 bridgehead atoms. The molecule has 2 aliphatic rings. The van der Waals surface area contributed by atoms with Crippen LogP contribution in [-0.2, 0) is 0 Å². The van der Waals surface area contributed by atoms with Gasteiger partial charge >= 0.3 is 0 Å². The van der Waals surface area contributed by atoms with Gasteiger partial charge in [-0.1, -0.05) is 6.08 Å². The van der Waals surface area contributed by atoms with Crippen LogP contribution in [0, 0.1) is 23.2 Å². The van der Waals surface area contributed by atoms with Gasteiger partial charge in [-0.15, -0.1) is 0 Å². The van der Waals surface area contributed by atoms with Gasteiger partial charge < -0.3 is 5.32 Å². The summed E-state index contributed by atoms with van der Waals surface area (Å²) in [7, 11) is 0. The van der Waals surface area contributed by atoms with E-state index in [-0.39, 0.29) is 0 Å². The summed E-state index contributed by atoms with van der Waals surface area (Å²) in [6.07, 6.45) is 6.43. The molecular weight excluding hydrogens is 290 g/mol. The van der Waals surface area contributed by atoms with Crippen LogP contribution in [0.15, 0.2) is 22.9 Å². The zero-order valence-electron chi connectivity index (χ0n) is 9.99. The predicted molar refractivity (Wildman–Crippen MR) is 73.7 cm³/mol. The number of hydrogen-bond donors (Lipinski definition) is 1. The Hall–Kier alpha value is -1.18. The van der Waals surface area contributed by atoms with Gasteiger partial charge in [-0.2, -0.15) is 5.26 Å². The first-order valence-electron chi connectivity index (χ1n) is 6.23. The van der Waals surface area contributed by atoms with Gasteiger partial charge in [-0.05, 0) is 70.9 Å². The van der Waals surface area contributed by atoms with Crippen molar-refractivity contribution in [1.82, 2.24) is 10.3 Å². The molecule has 92 valence electrons. The average Bonchev–Trinajstić information content (AvgIpc) is 2.86. The van der Waals surface area contributed by atoms with E-state index >= 15 is 0 Å². The van der Waals surface area contributed by atoms with Crippen LogP contribution >= 0.6 is 15.9 Å². The minimum absolute atomic E-state index is 0.611. The maximum absolute atomic E-state index is 9.04. The molecule has 2 heterocycles. The summed E-state index contributed by atoms with van der Waals surface area (Å²) in [6, 6.07) is 4.11. The van der Waals surface area contributed by atoms with E-state index < -0.39 is 0 Å². The number of fused-ring (bicyclic) bond motifs is 1. The third-order valence-corrected chi connectivity index (χ3v) is 4.59. The lowest BCUT2D eigenvalue weighted by molar-refractivity contribution is 0.418. The molecule has 2 unspecified atom stereocenters. The molecule has 1 aliphatic heterocycles. The molecule has 1 aliphatic carbocycles. The van der Waals surface area contributed by atoms with E-state index in [1.165, 1.54) is 5.57 Å². The van der Waals surface area contributed by atoms with Gasteiger partial charge in [0.25, 0.3) is 0 Å². The third kappa shape index (κ3) is 2.09. The largest absolute Gasteiger partial charge is 0.316 e. The number of nitriles is 1. The number of pyridine rings is 1. The van der Waals surface area contributed by atoms with E-state index in [4.69, 9.17) is 5.26 Å². The van der Waals surface area contributed by atoms with Crippen molar-refractivity contribution >= 4 is 21.5 Å². The van der Waals surface area contributed by atoms with Gasteiger partial charge in [-0.25, -0.2) is 4.98 Å². The highest BCUT2D eigenvalue weighted by molar-refractivity contribution is 9.10. The molecule has 0 radical (unpaired) electrons. The summed E-state index contributed by atoms with van der Waals surface area (Å²) < 4.78 is 0.630. The first kappa shape index (κ1) is 11.9. The van der Waals surface area contributed by atoms with Crippen LogP contribution in [0.3, 0.4) is 0 Å². The van der Waals surface area contributed by atoms with E-state index in [1.54, 1.807) is 0 Å². The SMILES string of the molecule is N#Cc1cc(C2=CCC3CNCC3C2)cnc1Br. The zero-order valence-corrected chi connectivity index (χ0v) is 11.6. The molecule has 1 aromatic rings. The first-order valence-corrected chi connectivity index (χ1v) is 7.03. The lowest BCUT2D eigenvalue weighted by Gasteiger charge is -2.24. The number of rotatable bonds is 1. The van der Waals surface area contributed by atoms with E-state index in [2.05, 4.69) is 38.4 Å². The molecule has 18 heavy (non-hydrogen) atoms. The minimum atomic E-state index is 0.611. The quantitative estimate of drug-likeness (QED) is 0.812. The monoisotopic (exact) mass is 303 g/mol. The molecule has 4 heteroatoms. The molecule has 0 aromatic carbocycles. The second kappa shape index (κ2) is 4.83. The summed E-state index contributed by atoms with van der Waals surface area (Å²) in [5.41, 5.74) is 3.05. The van der Waals surface area contributed by atoms with Crippen molar-refractivity contribution in [3.63, 3.8) is 0 Å². The normalized spacial score (nSPS) is 26.3. The molecule has 0 saturated carbocycles. The Bertz CT molecular complexity index is 544. The second-order valence-electron chi connectivity index (χ2n) is 5.02. The van der Waals surface area contributed by atoms with E-state index in [0.717, 1.165) is 43.3 Å². The van der Waals surface area contributed by atoms with Gasteiger partial charge in [0.05, 0.1) is 5.56 Å². The van der Waals surface area contributed by atoms with Gasteiger partial charge in [0.15, 0.2) is 0 Å². The number of nitrogens with zero attached hydrogens (tertiary/aromatic N) is 2. The Kier molecular flexibility index (Phi) is 3.19. The van der Waals surface area contributed by atoms with Crippen LogP contribution in [0.2, 0.25) is 0 Å². The van der Waals surface area contributed by atoms with Gasteiger partial charge in [0.1, 0.15) is 10.7 Å². The molecule has 1 saturated heterocycles. The number of nitrogens with one attached hydrogen (secondary N) is 1. The van der Waals surface area contributed by atoms with Gasteiger partial charge in [-0.3, -0.25) is 0 Å². The summed E-state index contributed by atoms with van der Waals surface area (Å²) in [5.74, 6) is 1.55. The maximum Gasteiger partial charge on any atom is 0.123 e. The van der Waals surface area contributed by atoms with Crippen molar-refractivity contribution in [3.05, 3.63) is 34.1 Å². The van der Waals surface area contributed by atoms with E-state index in [9.17, 15) is 0 Å². The molecule has 1 aromatic heterocycles. The topological polar surface area (TPSA) is 48.7 Å². The summed E-state index contributed by atoms with van der Waals surface area (Å²) in [6.45, 7) is 2.27. The first-order chi connectivity index (χ1) is 8.78. The summed E-state index contributed by atoms with van der Waals surface area (Å²) >= 11 is 3.30. The number of halogens is 1. The molecule has 3 rings (SSSR count). The number of aromatic nitrogens is 1. The van der Waals surface area contributed by atoms with E-state index in [0.29, 0.717) is 10.2 Å². The second-order valence-corrected chi connectivity index (χ2v) is 5.77. The van der Waals surface area contributed by atoms with Gasteiger partial charge in [0, 0.05) is 6.20 Å². The van der Waals surface area contributed by atoms with Crippen molar-refractivity contribution < 1.29 is 0 Å². The van der Waals surface area contributed by atoms with Crippen LogP contribution in [-0.4, -0.2) is 18.1 Å². The fraction of sp³-hybridized carbons (Fsp3) is 0.429. The molecule has 0 amide bonds. The van der Waals surface area contributed by atoms with Crippen LogP contribution in [0.5, 0.6) is 0 Å². The molecule has 1 N–H and O–H groups in total. The third-order valence-electron chi connectivity index (χ3n) is 3.96. The van der Waals surface area contributed by atoms with Crippen LogP contribution in [0.25, 0.3) is 5.57 Å². The van der Waals surface area contributed by atoms with Crippen molar-refractivity contribution in [3.8, 4) is 6.07 Å². The zero-order chi connectivity index (χ0) is 12.5. The van der Waals surface area contributed by atoms with Crippen molar-refractivity contribution in [2.45, 2.75) is 12.8 Å². The molecular formula is C14H14BrN3. The molecule has 3 nitrogen and oxygen atoms in total. The maximum atomic E-state index is 9.04. The van der Waals surface area contributed by atoms with Crippen LogP contribution < -0.4 is 5.32 Å². The fourth-order valence-electron chi connectivity index (χ4n) is 2.90. The predicted octanol–water partition coefficient (Wildman–Crippen LogP) is 2.73. The average molecular weight is 304 g/mol. The highest BCUT2D eigenvalue weighted by atomic mass is 79.9. The lowest BCUT2D eigenvalue weighted by atomic mass is 9.80. The molecule has 2 atom stereocenters. The molecule has 0 spiro atoms. The Morgan fingerprint density at radius 3 is 3.06 bits per heavy atom. The Morgan fingerprint density at radius 1 is 1.39 bits per heavy atom. The Balaban J connectivity index is 1.89. The van der Waals surface area contributed by atoms with Crippen LogP contribution in [0.4, 0.5) is 0 Å². The standard InChI is InChI=1S/C14H14BrN3/c15-14-11(5-16)4-13(8-18-14)9-1-2-10-6-17-7-12(10)3-9/h1,4,8,10,12,17H,2-3,6-7H2. The Morgan fingerprint density at radius 2 is 2.22 bits per heavy atom. The fourth-order valence-corrected chi connectivity index (χ4v) is 3.20. The number of allylic oxidation sites excluding steroid dienone is 2. The van der Waals surface area contributed by atoms with Crippen molar-refractivity contribution in [2.24, 2.45) is 11.8 Å². The summed E-state index contributed by atoms with van der Waals surface area (Å²) in [5, 5.41) is 12.5. The minimum Gasteiger partial charge on any atom is -0.316 e. The van der Waals surface area contributed by atoms with Crippen molar-refractivity contribution in [2.75, 3.05) is 13.1 Å². The highest BCUT2D eigenvalue weighted by Crippen LogP contribution is 2.36. The van der Waals surface area contributed by atoms with E-state index in [1.807, 2.05) is 12.3 Å². The van der Waals surface area contributed by atoms with Crippen molar-refractivity contribution in [1.29, 1.82) is 5.26 Å². The molecule has 1 fully saturated rings. The highest BCUT2D eigenvalue weighted by Gasteiger charge is 2.30. The number of hydrogen-bond acceptors (Lipinski definition) is 3. The Labute approximate surface area is 115 Å². The smallest absolute Gasteiger partial charge is 0.123 e. The van der Waals surface area contributed by atoms with Gasteiger partial charge in [0.2, 0.25) is 0 Å². The van der Waals surface area contributed by atoms with Crippen LogP contribution in [0.1, 0.15) is 24.0 Å². The summed E-state index contributed by atoms with van der Waals surface area (Å²) in [4.78, 5) is 4.25. The lowest BCUT2D eigenvalue weighted by Crippen LogP contribution is -2.16.